The first-order valence-corrected chi connectivity index (χ1v) is 9.45. The van der Waals surface area contributed by atoms with Crippen LogP contribution in [0.1, 0.15) is 25.0 Å². The molecule has 31 heavy (non-hydrogen) atoms. The van der Waals surface area contributed by atoms with Crippen molar-refractivity contribution in [1.29, 1.82) is 0 Å². The number of rotatable bonds is 10. The first-order chi connectivity index (χ1) is 14.8. The van der Waals surface area contributed by atoms with Crippen LogP contribution in [-0.4, -0.2) is 59.1 Å². The van der Waals surface area contributed by atoms with Gasteiger partial charge in [0.2, 0.25) is 11.8 Å². The molecule has 0 fully saturated rings. The summed E-state index contributed by atoms with van der Waals surface area (Å²) in [5.74, 6) is -0.510. The average Bonchev–Trinajstić information content (AvgIpc) is 2.79. The molecule has 0 aliphatic heterocycles. The van der Waals surface area contributed by atoms with E-state index in [2.05, 4.69) is 30.6 Å². The van der Waals surface area contributed by atoms with E-state index in [1.807, 2.05) is 13.8 Å². The SMILES string of the molecule is COc1ncc(/C=C/C(=O)NCC(C)(C)CNC(=O)/C=C/c2cnc(OC)nc2)cn1. The Bertz CT molecular complexity index is 848. The lowest BCUT2D eigenvalue weighted by Gasteiger charge is -2.24. The molecule has 10 heteroatoms. The highest BCUT2D eigenvalue weighted by Crippen LogP contribution is 2.12. The van der Waals surface area contributed by atoms with Crippen molar-refractivity contribution in [3.8, 4) is 12.0 Å². The number of nitrogens with one attached hydrogen (secondary N) is 2. The van der Waals surface area contributed by atoms with Gasteiger partial charge in [0.05, 0.1) is 14.2 Å². The molecule has 2 N–H and O–H groups in total. The van der Waals surface area contributed by atoms with Crippen LogP contribution >= 0.6 is 0 Å². The van der Waals surface area contributed by atoms with Crippen molar-refractivity contribution in [1.82, 2.24) is 30.6 Å². The number of ether oxygens (including phenoxy) is 2. The Balaban J connectivity index is 1.75. The van der Waals surface area contributed by atoms with Gasteiger partial charge in [0.1, 0.15) is 0 Å². The van der Waals surface area contributed by atoms with Crippen LogP contribution in [-0.2, 0) is 9.59 Å². The quantitative estimate of drug-likeness (QED) is 0.544. The number of nitrogens with zero attached hydrogens (tertiary/aromatic N) is 4. The second-order valence-corrected chi connectivity index (χ2v) is 7.27. The van der Waals surface area contributed by atoms with Gasteiger partial charge in [0, 0.05) is 61.2 Å². The molecule has 164 valence electrons. The molecule has 0 radical (unpaired) electrons. The van der Waals surface area contributed by atoms with Gasteiger partial charge in [-0.25, -0.2) is 19.9 Å². The van der Waals surface area contributed by atoms with Gasteiger partial charge in [-0.15, -0.1) is 0 Å². The third-order valence-corrected chi connectivity index (χ3v) is 4.00. The molecule has 0 aliphatic carbocycles. The van der Waals surface area contributed by atoms with Crippen molar-refractivity contribution in [2.45, 2.75) is 13.8 Å². The second kappa shape index (κ2) is 11.4. The van der Waals surface area contributed by atoms with Gasteiger partial charge in [-0.3, -0.25) is 9.59 Å². The first kappa shape index (κ1) is 23.5. The number of carbonyl (C=O) groups excluding carboxylic acids is 2. The number of carbonyl (C=O) groups is 2. The highest BCUT2D eigenvalue weighted by molar-refractivity contribution is 5.92. The normalized spacial score (nSPS) is 11.5. The molecule has 2 aromatic rings. The van der Waals surface area contributed by atoms with Crippen LogP contribution < -0.4 is 20.1 Å². The molecule has 2 rings (SSSR count). The van der Waals surface area contributed by atoms with Crippen LogP contribution in [0.2, 0.25) is 0 Å². The zero-order valence-electron chi connectivity index (χ0n) is 18.0. The van der Waals surface area contributed by atoms with Gasteiger partial charge in [0.25, 0.3) is 0 Å². The number of hydrogen-bond donors (Lipinski definition) is 2. The van der Waals surface area contributed by atoms with Gasteiger partial charge in [-0.1, -0.05) is 13.8 Å². The van der Waals surface area contributed by atoms with E-state index in [1.54, 1.807) is 36.9 Å². The summed E-state index contributed by atoms with van der Waals surface area (Å²) in [5.41, 5.74) is 1.01. The minimum Gasteiger partial charge on any atom is -0.467 e. The third-order valence-electron chi connectivity index (χ3n) is 4.00. The average molecular weight is 426 g/mol. The van der Waals surface area contributed by atoms with Crippen molar-refractivity contribution in [3.63, 3.8) is 0 Å². The number of amides is 2. The van der Waals surface area contributed by atoms with E-state index in [1.165, 1.54) is 26.4 Å². The Morgan fingerprint density at radius 2 is 1.16 bits per heavy atom. The van der Waals surface area contributed by atoms with E-state index in [0.29, 0.717) is 24.2 Å². The highest BCUT2D eigenvalue weighted by Gasteiger charge is 2.19. The van der Waals surface area contributed by atoms with E-state index >= 15 is 0 Å². The zero-order valence-corrected chi connectivity index (χ0v) is 18.0. The van der Waals surface area contributed by atoms with Gasteiger partial charge >= 0.3 is 12.0 Å². The monoisotopic (exact) mass is 426 g/mol. The molecule has 0 atom stereocenters. The maximum atomic E-state index is 12.0. The van der Waals surface area contributed by atoms with Crippen molar-refractivity contribution >= 4 is 24.0 Å². The first-order valence-electron chi connectivity index (χ1n) is 9.45. The molecule has 0 saturated heterocycles. The van der Waals surface area contributed by atoms with Crippen LogP contribution in [0.5, 0.6) is 12.0 Å². The van der Waals surface area contributed by atoms with Gasteiger partial charge in [0.15, 0.2) is 0 Å². The molecule has 0 bridgehead atoms. The summed E-state index contributed by atoms with van der Waals surface area (Å²) in [6.07, 6.45) is 12.2. The Morgan fingerprint density at radius 3 is 1.48 bits per heavy atom. The lowest BCUT2D eigenvalue weighted by Crippen LogP contribution is -2.41. The molecular formula is C21H26N6O4. The van der Waals surface area contributed by atoms with Crippen LogP contribution in [0.15, 0.2) is 36.9 Å². The van der Waals surface area contributed by atoms with E-state index in [0.717, 1.165) is 0 Å². The van der Waals surface area contributed by atoms with E-state index in [4.69, 9.17) is 9.47 Å². The van der Waals surface area contributed by atoms with Crippen molar-refractivity contribution < 1.29 is 19.1 Å². The van der Waals surface area contributed by atoms with E-state index in [9.17, 15) is 9.59 Å². The molecule has 0 spiro atoms. The molecule has 0 aliphatic rings. The Labute approximate surface area is 180 Å². The minimum atomic E-state index is -0.348. The Morgan fingerprint density at radius 1 is 0.806 bits per heavy atom. The summed E-state index contributed by atoms with van der Waals surface area (Å²) in [4.78, 5) is 40.0. The molecule has 0 aromatic carbocycles. The summed E-state index contributed by atoms with van der Waals surface area (Å²) in [6.45, 7) is 4.64. The summed E-state index contributed by atoms with van der Waals surface area (Å²) >= 11 is 0. The lowest BCUT2D eigenvalue weighted by atomic mass is 9.93. The molecule has 10 nitrogen and oxygen atoms in total. The zero-order chi connectivity index (χ0) is 22.7. The topological polar surface area (TPSA) is 128 Å². The number of aromatic nitrogens is 4. The summed E-state index contributed by atoms with van der Waals surface area (Å²) in [6, 6.07) is 0.523. The molecule has 2 aromatic heterocycles. The second-order valence-electron chi connectivity index (χ2n) is 7.27. The maximum absolute atomic E-state index is 12.0. The van der Waals surface area contributed by atoms with Gasteiger partial charge in [-0.2, -0.15) is 0 Å². The van der Waals surface area contributed by atoms with Crippen LogP contribution in [0.3, 0.4) is 0 Å². The summed E-state index contributed by atoms with van der Waals surface area (Å²) < 4.78 is 9.77. The molecule has 0 unspecified atom stereocenters. The minimum absolute atomic E-state index is 0.255. The predicted molar refractivity (Wildman–Crippen MR) is 115 cm³/mol. The lowest BCUT2D eigenvalue weighted by molar-refractivity contribution is -0.116. The van der Waals surface area contributed by atoms with E-state index in [-0.39, 0.29) is 29.3 Å². The fraction of sp³-hybridized carbons (Fsp3) is 0.333. The largest absolute Gasteiger partial charge is 0.467 e. The molecule has 2 heterocycles. The smallest absolute Gasteiger partial charge is 0.316 e. The Kier molecular flexibility index (Phi) is 8.62. The van der Waals surface area contributed by atoms with Crippen LogP contribution in [0.25, 0.3) is 12.2 Å². The van der Waals surface area contributed by atoms with Crippen molar-refractivity contribution in [2.75, 3.05) is 27.3 Å². The number of hydrogen-bond acceptors (Lipinski definition) is 8. The molecule has 2 amide bonds. The summed E-state index contributed by atoms with van der Waals surface area (Å²) in [5, 5.41) is 5.64. The summed E-state index contributed by atoms with van der Waals surface area (Å²) in [7, 11) is 2.96. The highest BCUT2D eigenvalue weighted by atomic mass is 16.5. The van der Waals surface area contributed by atoms with Crippen LogP contribution in [0, 0.1) is 5.41 Å². The maximum Gasteiger partial charge on any atom is 0.316 e. The Hall–Kier alpha value is -3.82. The van der Waals surface area contributed by atoms with Gasteiger partial charge < -0.3 is 20.1 Å². The number of methoxy groups -OCH3 is 2. The fourth-order valence-corrected chi connectivity index (χ4v) is 2.21. The fourth-order valence-electron chi connectivity index (χ4n) is 2.21. The van der Waals surface area contributed by atoms with E-state index < -0.39 is 0 Å². The molecule has 0 saturated carbocycles. The van der Waals surface area contributed by atoms with Crippen molar-refractivity contribution in [3.05, 3.63) is 48.1 Å². The molecular weight excluding hydrogens is 400 g/mol. The van der Waals surface area contributed by atoms with Crippen molar-refractivity contribution in [2.24, 2.45) is 5.41 Å². The van der Waals surface area contributed by atoms with Gasteiger partial charge in [-0.05, 0) is 17.6 Å². The standard InChI is InChI=1S/C21H26N6O4/c1-21(2,13-26-17(28)7-5-15-9-22-19(30-3)23-10-15)14-27-18(29)8-6-16-11-24-20(31-4)25-12-16/h5-12H,13-14H2,1-4H3,(H,26,28)(H,27,29)/b7-5+,8-6+. The third kappa shape index (κ3) is 8.60. The van der Waals surface area contributed by atoms with Crippen LogP contribution in [0.4, 0.5) is 0 Å². The predicted octanol–water partition coefficient (Wildman–Crippen LogP) is 1.27.